The number of imide groups is 1. The molecule has 0 aliphatic carbocycles. The zero-order valence-corrected chi connectivity index (χ0v) is 12.9. The van der Waals surface area contributed by atoms with E-state index in [1.54, 1.807) is 14.2 Å². The molecule has 2 heterocycles. The number of carbonyl (C=O) groups is 2. The first-order valence-electron chi connectivity index (χ1n) is 6.84. The van der Waals surface area contributed by atoms with Gasteiger partial charge in [-0.25, -0.2) is 0 Å². The first-order chi connectivity index (χ1) is 9.87. The van der Waals surface area contributed by atoms with E-state index in [1.165, 1.54) is 0 Å². The summed E-state index contributed by atoms with van der Waals surface area (Å²) in [5.74, 6) is 0.913. The standard InChI is InChI=1S/C14H21N3O4/c1-17(2)8-10(11(20-3)7-13(17)21-4)15-9-5-6-12(18)16-14(9)19/h7,9,15H,5-6,8H2,1-4H3/p+1. The summed E-state index contributed by atoms with van der Waals surface area (Å²) >= 11 is 0. The molecule has 1 unspecified atom stereocenters. The lowest BCUT2D eigenvalue weighted by atomic mass is 10.1. The Hall–Kier alpha value is -2.02. The van der Waals surface area contributed by atoms with Gasteiger partial charge < -0.3 is 14.8 Å². The lowest BCUT2D eigenvalue weighted by Crippen LogP contribution is -2.53. The van der Waals surface area contributed by atoms with Crippen LogP contribution >= 0.6 is 0 Å². The van der Waals surface area contributed by atoms with Crippen LogP contribution in [0.5, 0.6) is 0 Å². The van der Waals surface area contributed by atoms with Crippen LogP contribution in [-0.2, 0) is 19.1 Å². The minimum Gasteiger partial charge on any atom is -0.494 e. The molecule has 0 spiro atoms. The third kappa shape index (κ3) is 3.18. The van der Waals surface area contributed by atoms with Gasteiger partial charge in [-0.15, -0.1) is 0 Å². The molecule has 7 heteroatoms. The van der Waals surface area contributed by atoms with Gasteiger partial charge in [-0.05, 0) is 6.42 Å². The van der Waals surface area contributed by atoms with Crippen LogP contribution in [0.1, 0.15) is 12.8 Å². The second-order valence-electron chi connectivity index (χ2n) is 5.72. The Balaban J connectivity index is 2.21. The number of ether oxygens (including phenoxy) is 2. The molecular formula is C14H22N3O4+. The topological polar surface area (TPSA) is 76.7 Å². The van der Waals surface area contributed by atoms with Crippen molar-refractivity contribution in [2.75, 3.05) is 34.9 Å². The molecule has 2 amide bonds. The molecule has 0 aromatic rings. The Morgan fingerprint density at radius 3 is 2.57 bits per heavy atom. The third-order valence-corrected chi connectivity index (χ3v) is 3.72. The Morgan fingerprint density at radius 2 is 2.00 bits per heavy atom. The van der Waals surface area contributed by atoms with E-state index in [9.17, 15) is 9.59 Å². The van der Waals surface area contributed by atoms with Gasteiger partial charge in [0.15, 0.2) is 5.76 Å². The van der Waals surface area contributed by atoms with Crippen LogP contribution in [0.3, 0.4) is 0 Å². The van der Waals surface area contributed by atoms with E-state index >= 15 is 0 Å². The van der Waals surface area contributed by atoms with E-state index in [0.29, 0.717) is 29.6 Å². The van der Waals surface area contributed by atoms with Crippen LogP contribution in [0.4, 0.5) is 0 Å². The molecule has 0 aromatic heterocycles. The minimum atomic E-state index is -0.416. The fraction of sp³-hybridized carbons (Fsp3) is 0.571. The molecule has 1 atom stereocenters. The van der Waals surface area contributed by atoms with Crippen molar-refractivity contribution in [3.8, 4) is 0 Å². The van der Waals surface area contributed by atoms with Crippen LogP contribution in [0, 0.1) is 0 Å². The van der Waals surface area contributed by atoms with Gasteiger partial charge in [-0.1, -0.05) is 0 Å². The number of likely N-dealkylation sites (N-methyl/N-ethyl adjacent to an activating group) is 1. The summed E-state index contributed by atoms with van der Waals surface area (Å²) in [5, 5.41) is 5.55. The smallest absolute Gasteiger partial charge is 0.294 e. The van der Waals surface area contributed by atoms with Crippen molar-refractivity contribution in [1.29, 1.82) is 0 Å². The monoisotopic (exact) mass is 296 g/mol. The van der Waals surface area contributed by atoms with Crippen molar-refractivity contribution in [1.82, 2.24) is 10.6 Å². The fourth-order valence-electron chi connectivity index (χ4n) is 2.57. The third-order valence-electron chi connectivity index (χ3n) is 3.72. The van der Waals surface area contributed by atoms with E-state index < -0.39 is 6.04 Å². The van der Waals surface area contributed by atoms with Crippen molar-refractivity contribution in [3.63, 3.8) is 0 Å². The Labute approximate surface area is 124 Å². The maximum absolute atomic E-state index is 11.9. The molecule has 0 bridgehead atoms. The van der Waals surface area contributed by atoms with Gasteiger partial charge in [0.2, 0.25) is 11.8 Å². The van der Waals surface area contributed by atoms with Crippen LogP contribution in [0.15, 0.2) is 23.4 Å². The quantitative estimate of drug-likeness (QED) is 0.556. The van der Waals surface area contributed by atoms with E-state index in [1.807, 2.05) is 20.2 Å². The summed E-state index contributed by atoms with van der Waals surface area (Å²) in [5.41, 5.74) is 0.831. The van der Waals surface area contributed by atoms with Gasteiger partial charge in [0.25, 0.3) is 5.88 Å². The van der Waals surface area contributed by atoms with Crippen LogP contribution in [0.25, 0.3) is 0 Å². The Bertz CT molecular complexity index is 522. The summed E-state index contributed by atoms with van der Waals surface area (Å²) in [6, 6.07) is -0.416. The number of hydrogen-bond donors (Lipinski definition) is 2. The number of carbonyl (C=O) groups excluding carboxylic acids is 2. The van der Waals surface area contributed by atoms with Crippen molar-refractivity contribution in [2.24, 2.45) is 0 Å². The summed E-state index contributed by atoms with van der Waals surface area (Å²) in [6.45, 7) is 0.612. The Kier molecular flexibility index (Phi) is 4.22. The zero-order chi connectivity index (χ0) is 15.6. The van der Waals surface area contributed by atoms with Crippen molar-refractivity contribution < 1.29 is 23.5 Å². The van der Waals surface area contributed by atoms with Crippen LogP contribution in [0.2, 0.25) is 0 Å². The van der Waals surface area contributed by atoms with Gasteiger partial charge in [-0.3, -0.25) is 19.4 Å². The molecule has 2 N–H and O–H groups in total. The summed E-state index contributed by atoms with van der Waals surface area (Å²) in [4.78, 5) is 23.0. The molecule has 0 radical (unpaired) electrons. The molecule has 116 valence electrons. The number of rotatable bonds is 4. The van der Waals surface area contributed by atoms with Gasteiger partial charge in [-0.2, -0.15) is 0 Å². The van der Waals surface area contributed by atoms with Crippen molar-refractivity contribution in [3.05, 3.63) is 23.4 Å². The lowest BCUT2D eigenvalue weighted by molar-refractivity contribution is -0.864. The second kappa shape index (κ2) is 5.77. The Morgan fingerprint density at radius 1 is 1.29 bits per heavy atom. The summed E-state index contributed by atoms with van der Waals surface area (Å²) in [7, 11) is 7.22. The molecule has 2 aliphatic rings. The zero-order valence-electron chi connectivity index (χ0n) is 12.9. The second-order valence-corrected chi connectivity index (χ2v) is 5.72. The number of amides is 2. The minimum absolute atomic E-state index is 0.222. The highest BCUT2D eigenvalue weighted by Gasteiger charge is 2.35. The largest absolute Gasteiger partial charge is 0.494 e. The van der Waals surface area contributed by atoms with Gasteiger partial charge >= 0.3 is 0 Å². The van der Waals surface area contributed by atoms with Crippen molar-refractivity contribution >= 4 is 11.8 Å². The highest BCUT2D eigenvalue weighted by Crippen LogP contribution is 2.25. The highest BCUT2D eigenvalue weighted by molar-refractivity contribution is 6.00. The summed E-state index contributed by atoms with van der Waals surface area (Å²) in [6.07, 6.45) is 2.65. The highest BCUT2D eigenvalue weighted by atomic mass is 16.5. The molecule has 21 heavy (non-hydrogen) atoms. The van der Waals surface area contributed by atoms with E-state index in [-0.39, 0.29) is 11.8 Å². The van der Waals surface area contributed by atoms with E-state index in [2.05, 4.69) is 10.6 Å². The molecule has 0 saturated carbocycles. The van der Waals surface area contributed by atoms with E-state index in [0.717, 1.165) is 11.6 Å². The van der Waals surface area contributed by atoms with Crippen LogP contribution < -0.4 is 10.6 Å². The van der Waals surface area contributed by atoms with Crippen LogP contribution in [-0.4, -0.2) is 57.2 Å². The lowest BCUT2D eigenvalue weighted by Gasteiger charge is -2.35. The normalized spacial score (nSPS) is 25.1. The first-order valence-corrected chi connectivity index (χ1v) is 6.84. The average Bonchev–Trinajstić information content (AvgIpc) is 2.41. The average molecular weight is 296 g/mol. The van der Waals surface area contributed by atoms with E-state index in [4.69, 9.17) is 9.47 Å². The number of nitrogens with zero attached hydrogens (tertiary/aromatic N) is 1. The molecule has 1 saturated heterocycles. The fourth-order valence-corrected chi connectivity index (χ4v) is 2.57. The number of methoxy groups -OCH3 is 2. The number of nitrogens with one attached hydrogen (secondary N) is 2. The number of quaternary nitrogens is 1. The molecule has 2 rings (SSSR count). The molecule has 0 aromatic carbocycles. The molecule has 7 nitrogen and oxygen atoms in total. The number of allylic oxidation sites excluding steroid dienone is 1. The first kappa shape index (κ1) is 15.4. The predicted molar refractivity (Wildman–Crippen MR) is 75.4 cm³/mol. The van der Waals surface area contributed by atoms with Gasteiger partial charge in [0, 0.05) is 6.42 Å². The molecular weight excluding hydrogens is 274 g/mol. The van der Waals surface area contributed by atoms with Crippen molar-refractivity contribution in [2.45, 2.75) is 18.9 Å². The number of hydrogen-bond acceptors (Lipinski definition) is 5. The molecule has 2 aliphatic heterocycles. The summed E-state index contributed by atoms with van der Waals surface area (Å²) < 4.78 is 11.3. The number of piperidine rings is 1. The maximum atomic E-state index is 11.9. The molecule has 1 fully saturated rings. The predicted octanol–water partition coefficient (Wildman–Crippen LogP) is -0.183. The van der Waals surface area contributed by atoms with Gasteiger partial charge in [0.1, 0.15) is 18.3 Å². The maximum Gasteiger partial charge on any atom is 0.294 e. The SMILES string of the molecule is COC1=CC(OC)=C(NC2CCC(=O)NC2=O)C[N+]1(C)C. The van der Waals surface area contributed by atoms with Gasteiger partial charge in [0.05, 0.1) is 34.4 Å².